The Morgan fingerprint density at radius 3 is 2.79 bits per heavy atom. The molecule has 9 heteroatoms. The van der Waals surface area contributed by atoms with Crippen LogP contribution in [0.25, 0.3) is 0 Å². The summed E-state index contributed by atoms with van der Waals surface area (Å²) < 4.78 is 29.6. The number of nitro groups is 1. The quantitative estimate of drug-likeness (QED) is 0.605. The summed E-state index contributed by atoms with van der Waals surface area (Å²) in [7, 11) is -3.57. The summed E-state index contributed by atoms with van der Waals surface area (Å²) in [5.41, 5.74) is 0.130. The summed E-state index contributed by atoms with van der Waals surface area (Å²) in [5, 5.41) is 13.9. The number of benzene rings is 1. The maximum Gasteiger partial charge on any atom is 0.270 e. The molecule has 1 aliphatic heterocycles. The van der Waals surface area contributed by atoms with Gasteiger partial charge in [-0.1, -0.05) is 0 Å². The van der Waals surface area contributed by atoms with E-state index < -0.39 is 14.8 Å². The van der Waals surface area contributed by atoms with E-state index in [-0.39, 0.29) is 16.7 Å². The maximum atomic E-state index is 11.9. The van der Waals surface area contributed by atoms with Gasteiger partial charge in [-0.15, -0.1) is 0 Å². The minimum atomic E-state index is -3.57. The van der Waals surface area contributed by atoms with Crippen molar-refractivity contribution in [3.05, 3.63) is 28.3 Å². The molecule has 1 N–H and O–H groups in total. The van der Waals surface area contributed by atoms with Crippen LogP contribution in [-0.2, 0) is 14.6 Å². The Kier molecular flexibility index (Phi) is 4.75. The highest BCUT2D eigenvalue weighted by molar-refractivity contribution is 7.90. The van der Waals surface area contributed by atoms with Gasteiger partial charge in [-0.05, 0) is 18.9 Å². The molecule has 8 nitrogen and oxygen atoms in total. The van der Waals surface area contributed by atoms with Crippen molar-refractivity contribution < 1.29 is 18.1 Å². The summed E-state index contributed by atoms with van der Waals surface area (Å²) in [6.07, 6.45) is 3.49. The molecule has 1 saturated carbocycles. The lowest BCUT2D eigenvalue weighted by Gasteiger charge is -2.33. The molecule has 0 aromatic heterocycles. The van der Waals surface area contributed by atoms with Crippen molar-refractivity contribution in [3.63, 3.8) is 0 Å². The number of anilines is 1. The van der Waals surface area contributed by atoms with Crippen LogP contribution in [-0.4, -0.2) is 62.9 Å². The van der Waals surface area contributed by atoms with Crippen LogP contribution in [0.3, 0.4) is 0 Å². The van der Waals surface area contributed by atoms with E-state index in [0.29, 0.717) is 24.9 Å². The Hall–Kier alpha value is -1.71. The van der Waals surface area contributed by atoms with Crippen LogP contribution in [0.15, 0.2) is 23.1 Å². The summed E-state index contributed by atoms with van der Waals surface area (Å²) in [6.45, 7) is 2.89. The molecule has 2 aliphatic rings. The largest absolute Gasteiger partial charge is 0.381 e. The zero-order valence-electron chi connectivity index (χ0n) is 13.5. The van der Waals surface area contributed by atoms with Crippen molar-refractivity contribution in [2.24, 2.45) is 0 Å². The molecule has 1 aromatic rings. The molecule has 1 atom stereocenters. The van der Waals surface area contributed by atoms with Gasteiger partial charge < -0.3 is 10.1 Å². The molecule has 1 aromatic carbocycles. The second kappa shape index (κ2) is 6.66. The van der Waals surface area contributed by atoms with Crippen molar-refractivity contribution in [2.45, 2.75) is 29.9 Å². The van der Waals surface area contributed by atoms with Crippen LogP contribution in [0, 0.1) is 10.1 Å². The normalized spacial score (nSPS) is 22.3. The number of sulfone groups is 1. The van der Waals surface area contributed by atoms with Crippen LogP contribution in [0.2, 0.25) is 0 Å². The average Bonchev–Trinajstić information content (AvgIpc) is 3.37. The van der Waals surface area contributed by atoms with Gasteiger partial charge in [0.05, 0.1) is 28.2 Å². The van der Waals surface area contributed by atoms with E-state index in [1.165, 1.54) is 25.0 Å². The molecule has 132 valence electrons. The summed E-state index contributed by atoms with van der Waals surface area (Å²) in [6, 6.07) is 4.50. The Morgan fingerprint density at radius 2 is 2.17 bits per heavy atom. The smallest absolute Gasteiger partial charge is 0.270 e. The molecule has 1 unspecified atom stereocenters. The van der Waals surface area contributed by atoms with Crippen molar-refractivity contribution >= 4 is 21.2 Å². The standard InChI is InChI=1S/C15H21N3O5S/c1-24(21,22)15-8-12(18(19)20)4-5-14(15)16-9-13-10-17(6-7-23-13)11-2-3-11/h4-5,8,11,13,16H,2-3,6-7,9-10H2,1H3. The zero-order valence-corrected chi connectivity index (χ0v) is 14.3. The predicted molar refractivity (Wildman–Crippen MR) is 89.0 cm³/mol. The van der Waals surface area contributed by atoms with Crippen LogP contribution < -0.4 is 5.32 Å². The predicted octanol–water partition coefficient (Wildman–Crippen LogP) is 1.27. The lowest BCUT2D eigenvalue weighted by atomic mass is 10.2. The van der Waals surface area contributed by atoms with Gasteiger partial charge >= 0.3 is 0 Å². The fourth-order valence-electron chi connectivity index (χ4n) is 2.94. The third-order valence-electron chi connectivity index (χ3n) is 4.33. The SMILES string of the molecule is CS(=O)(=O)c1cc([N+](=O)[O-])ccc1NCC1CN(C2CC2)CCO1. The molecule has 1 aliphatic carbocycles. The van der Waals surface area contributed by atoms with Gasteiger partial charge in [0.1, 0.15) is 0 Å². The summed E-state index contributed by atoms with van der Waals surface area (Å²) in [4.78, 5) is 12.6. The highest BCUT2D eigenvalue weighted by Crippen LogP contribution is 2.29. The number of morpholine rings is 1. The number of ether oxygens (including phenoxy) is 1. The topological polar surface area (TPSA) is 102 Å². The van der Waals surface area contributed by atoms with E-state index in [2.05, 4.69) is 10.2 Å². The number of hydrogen-bond donors (Lipinski definition) is 1. The molecular weight excluding hydrogens is 334 g/mol. The lowest BCUT2D eigenvalue weighted by Crippen LogP contribution is -2.46. The van der Waals surface area contributed by atoms with Crippen LogP contribution in [0.4, 0.5) is 11.4 Å². The fourth-order valence-corrected chi connectivity index (χ4v) is 3.81. The highest BCUT2D eigenvalue weighted by Gasteiger charge is 2.33. The van der Waals surface area contributed by atoms with Gasteiger partial charge in [-0.2, -0.15) is 0 Å². The summed E-state index contributed by atoms with van der Waals surface area (Å²) >= 11 is 0. The van der Waals surface area contributed by atoms with Gasteiger partial charge in [0, 0.05) is 44.1 Å². The number of non-ortho nitro benzene ring substituents is 1. The highest BCUT2D eigenvalue weighted by atomic mass is 32.2. The number of nitrogens with zero attached hydrogens (tertiary/aromatic N) is 2. The van der Waals surface area contributed by atoms with E-state index >= 15 is 0 Å². The molecule has 2 fully saturated rings. The first-order valence-corrected chi connectivity index (χ1v) is 9.82. The van der Waals surface area contributed by atoms with E-state index in [1.807, 2.05) is 0 Å². The summed E-state index contributed by atoms with van der Waals surface area (Å²) in [5.74, 6) is 0. The molecule has 0 amide bonds. The van der Waals surface area contributed by atoms with E-state index in [0.717, 1.165) is 25.4 Å². The monoisotopic (exact) mass is 355 g/mol. The minimum Gasteiger partial charge on any atom is -0.381 e. The van der Waals surface area contributed by atoms with Crippen LogP contribution >= 0.6 is 0 Å². The molecule has 0 bridgehead atoms. The fraction of sp³-hybridized carbons (Fsp3) is 0.600. The van der Waals surface area contributed by atoms with Gasteiger partial charge in [0.25, 0.3) is 5.69 Å². The number of nitro benzene ring substituents is 1. The third kappa shape index (κ3) is 4.03. The molecule has 1 saturated heterocycles. The Bertz CT molecular complexity index is 733. The van der Waals surface area contributed by atoms with Gasteiger partial charge in [-0.25, -0.2) is 8.42 Å². The van der Waals surface area contributed by atoms with Crippen molar-refractivity contribution in [1.82, 2.24) is 4.90 Å². The first-order valence-electron chi connectivity index (χ1n) is 7.92. The average molecular weight is 355 g/mol. The molecule has 1 heterocycles. The first kappa shape index (κ1) is 17.1. The van der Waals surface area contributed by atoms with Crippen LogP contribution in [0.5, 0.6) is 0 Å². The lowest BCUT2D eigenvalue weighted by molar-refractivity contribution is -0.385. The van der Waals surface area contributed by atoms with Crippen LogP contribution in [0.1, 0.15) is 12.8 Å². The molecular formula is C15H21N3O5S. The van der Waals surface area contributed by atoms with Crippen molar-refractivity contribution in [3.8, 4) is 0 Å². The maximum absolute atomic E-state index is 11.9. The van der Waals surface area contributed by atoms with Crippen molar-refractivity contribution in [2.75, 3.05) is 37.8 Å². The van der Waals surface area contributed by atoms with Gasteiger partial charge in [0.2, 0.25) is 0 Å². The minimum absolute atomic E-state index is 0.0260. The van der Waals surface area contributed by atoms with E-state index in [1.54, 1.807) is 0 Å². The molecule has 0 spiro atoms. The molecule has 0 radical (unpaired) electrons. The second-order valence-electron chi connectivity index (χ2n) is 6.31. The number of hydrogen-bond acceptors (Lipinski definition) is 7. The zero-order chi connectivity index (χ0) is 17.3. The second-order valence-corrected chi connectivity index (χ2v) is 8.29. The van der Waals surface area contributed by atoms with Gasteiger partial charge in [0.15, 0.2) is 9.84 Å². The Balaban J connectivity index is 1.71. The van der Waals surface area contributed by atoms with Crippen molar-refractivity contribution in [1.29, 1.82) is 0 Å². The van der Waals surface area contributed by atoms with Gasteiger partial charge in [-0.3, -0.25) is 15.0 Å². The Labute approximate surface area is 140 Å². The third-order valence-corrected chi connectivity index (χ3v) is 5.47. The number of rotatable bonds is 6. The molecule has 24 heavy (non-hydrogen) atoms. The van der Waals surface area contributed by atoms with E-state index in [9.17, 15) is 18.5 Å². The molecule has 3 rings (SSSR count). The van der Waals surface area contributed by atoms with E-state index in [4.69, 9.17) is 4.74 Å². The number of nitrogens with one attached hydrogen (secondary N) is 1. The Morgan fingerprint density at radius 1 is 1.42 bits per heavy atom. The first-order chi connectivity index (χ1) is 11.3.